The average Bonchev–Trinajstić information content (AvgIpc) is 2.85. The molecule has 1 aliphatic rings. The summed E-state index contributed by atoms with van der Waals surface area (Å²) in [5, 5.41) is 0. The molecule has 0 saturated carbocycles. The molecule has 0 radical (unpaired) electrons. The smallest absolute Gasteiger partial charge is 0.206 e. The summed E-state index contributed by atoms with van der Waals surface area (Å²) in [6.45, 7) is 11.9. The first-order valence-corrected chi connectivity index (χ1v) is 8.32. The van der Waals surface area contributed by atoms with Crippen molar-refractivity contribution >= 4 is 32.9 Å². The number of benzene rings is 1. The van der Waals surface area contributed by atoms with Gasteiger partial charge in [-0.3, -0.25) is 0 Å². The number of hydrogen-bond acceptors (Lipinski definition) is 2. The molecular weight excluding hydrogens is 314 g/mol. The lowest BCUT2D eigenvalue weighted by Gasteiger charge is -2.24. The average molecular weight is 336 g/mol. The third kappa shape index (κ3) is 1.80. The highest BCUT2D eigenvalue weighted by molar-refractivity contribution is 9.10. The van der Waals surface area contributed by atoms with Gasteiger partial charge >= 0.3 is 0 Å². The topological polar surface area (TPSA) is 21.1 Å². The van der Waals surface area contributed by atoms with E-state index in [1.165, 1.54) is 45.0 Å². The lowest BCUT2D eigenvalue weighted by molar-refractivity contribution is 0.617. The van der Waals surface area contributed by atoms with Crippen molar-refractivity contribution < 1.29 is 0 Å². The first-order valence-electron chi connectivity index (χ1n) is 7.52. The third-order valence-electron chi connectivity index (χ3n) is 4.55. The minimum absolute atomic E-state index is 1.01. The Hall–Kier alpha value is -1.03. The van der Waals surface area contributed by atoms with Gasteiger partial charge in [0.1, 0.15) is 0 Å². The van der Waals surface area contributed by atoms with Gasteiger partial charge in [-0.2, -0.15) is 0 Å². The van der Waals surface area contributed by atoms with Crippen LogP contribution in [0, 0.1) is 13.8 Å². The lowest BCUT2D eigenvalue weighted by Crippen LogP contribution is -2.26. The molecule has 0 aliphatic carbocycles. The van der Waals surface area contributed by atoms with Crippen molar-refractivity contribution in [2.24, 2.45) is 0 Å². The Morgan fingerprint density at radius 1 is 1.20 bits per heavy atom. The normalized spacial score (nSPS) is 14.1. The van der Waals surface area contributed by atoms with Crippen molar-refractivity contribution in [1.29, 1.82) is 0 Å². The van der Waals surface area contributed by atoms with Gasteiger partial charge in [-0.05, 0) is 57.2 Å². The molecular formula is C16H22BrN3. The first-order chi connectivity index (χ1) is 9.60. The molecule has 0 saturated heterocycles. The van der Waals surface area contributed by atoms with Crippen molar-refractivity contribution in [1.82, 2.24) is 9.55 Å². The zero-order valence-corrected chi connectivity index (χ0v) is 14.3. The van der Waals surface area contributed by atoms with E-state index in [9.17, 15) is 0 Å². The van der Waals surface area contributed by atoms with Gasteiger partial charge in [-0.25, -0.2) is 4.98 Å². The summed E-state index contributed by atoms with van der Waals surface area (Å²) in [6.07, 6.45) is 2.38. The molecule has 3 rings (SSSR count). The van der Waals surface area contributed by atoms with E-state index in [2.05, 4.69) is 53.1 Å². The summed E-state index contributed by atoms with van der Waals surface area (Å²) in [7, 11) is 0. The summed E-state index contributed by atoms with van der Waals surface area (Å²) in [5.74, 6) is 1.14. The summed E-state index contributed by atoms with van der Waals surface area (Å²) < 4.78 is 3.67. The van der Waals surface area contributed by atoms with E-state index in [1.54, 1.807) is 0 Å². The van der Waals surface area contributed by atoms with Crippen molar-refractivity contribution in [2.75, 3.05) is 18.0 Å². The molecule has 4 heteroatoms. The van der Waals surface area contributed by atoms with Gasteiger partial charge in [0.15, 0.2) is 0 Å². The molecule has 2 heterocycles. The predicted octanol–water partition coefficient (Wildman–Crippen LogP) is 4.21. The Morgan fingerprint density at radius 2 is 1.90 bits per heavy atom. The van der Waals surface area contributed by atoms with Crippen LogP contribution in [-0.2, 0) is 13.0 Å². The zero-order valence-electron chi connectivity index (χ0n) is 12.8. The van der Waals surface area contributed by atoms with Crippen molar-refractivity contribution in [3.8, 4) is 0 Å². The Bertz CT molecular complexity index is 668. The van der Waals surface area contributed by atoms with Gasteiger partial charge in [-0.1, -0.05) is 15.9 Å². The van der Waals surface area contributed by atoms with Crippen LogP contribution in [0.25, 0.3) is 11.0 Å². The molecule has 0 unspecified atom stereocenters. The Morgan fingerprint density at radius 3 is 2.55 bits per heavy atom. The van der Waals surface area contributed by atoms with Crippen LogP contribution in [0.3, 0.4) is 0 Å². The van der Waals surface area contributed by atoms with Crippen molar-refractivity contribution in [3.05, 3.63) is 21.2 Å². The van der Waals surface area contributed by atoms with Gasteiger partial charge in [0.2, 0.25) is 5.95 Å². The number of nitrogens with zero attached hydrogens (tertiary/aromatic N) is 3. The van der Waals surface area contributed by atoms with Gasteiger partial charge in [0.05, 0.1) is 11.0 Å². The standard InChI is InChI=1S/C16H22BrN3/c1-5-19(6-2)16-18-14-11(4)13(17)10(3)12-8-7-9-20(16)15(12)14/h5-9H2,1-4H3. The maximum absolute atomic E-state index is 4.99. The summed E-state index contributed by atoms with van der Waals surface area (Å²) in [6, 6.07) is 0. The molecule has 3 nitrogen and oxygen atoms in total. The van der Waals surface area contributed by atoms with Gasteiger partial charge in [0.25, 0.3) is 0 Å². The molecule has 0 fully saturated rings. The molecule has 20 heavy (non-hydrogen) atoms. The minimum atomic E-state index is 1.01. The van der Waals surface area contributed by atoms with Crippen LogP contribution in [-0.4, -0.2) is 22.6 Å². The highest BCUT2D eigenvalue weighted by Crippen LogP contribution is 2.38. The number of rotatable bonds is 3. The van der Waals surface area contributed by atoms with Crippen LogP contribution in [0.1, 0.15) is 37.0 Å². The van der Waals surface area contributed by atoms with Crippen LogP contribution >= 0.6 is 15.9 Å². The molecule has 108 valence electrons. The fraction of sp³-hybridized carbons (Fsp3) is 0.562. The third-order valence-corrected chi connectivity index (χ3v) is 5.74. The fourth-order valence-electron chi connectivity index (χ4n) is 3.38. The molecule has 0 amide bonds. The molecule has 1 aromatic carbocycles. The second kappa shape index (κ2) is 5.06. The summed E-state index contributed by atoms with van der Waals surface area (Å²) in [5.41, 5.74) is 6.70. The highest BCUT2D eigenvalue weighted by atomic mass is 79.9. The quantitative estimate of drug-likeness (QED) is 0.837. The van der Waals surface area contributed by atoms with Crippen LogP contribution < -0.4 is 4.90 Å². The van der Waals surface area contributed by atoms with E-state index < -0.39 is 0 Å². The maximum atomic E-state index is 4.99. The molecule has 0 spiro atoms. The van der Waals surface area contributed by atoms with Crippen LogP contribution in [0.5, 0.6) is 0 Å². The van der Waals surface area contributed by atoms with Crippen molar-refractivity contribution in [3.63, 3.8) is 0 Å². The summed E-state index contributed by atoms with van der Waals surface area (Å²) in [4.78, 5) is 7.35. The number of aromatic nitrogens is 2. The van der Waals surface area contributed by atoms with E-state index in [0.29, 0.717) is 0 Å². The number of aryl methyl sites for hydroxylation is 3. The number of anilines is 1. The van der Waals surface area contributed by atoms with Crippen molar-refractivity contribution in [2.45, 2.75) is 47.1 Å². The second-order valence-corrected chi connectivity index (χ2v) is 6.37. The van der Waals surface area contributed by atoms with Gasteiger partial charge in [0, 0.05) is 24.1 Å². The summed E-state index contributed by atoms with van der Waals surface area (Å²) >= 11 is 3.76. The molecule has 2 aromatic rings. The number of halogens is 1. The largest absolute Gasteiger partial charge is 0.343 e. The lowest BCUT2D eigenvalue weighted by atomic mass is 9.97. The van der Waals surface area contributed by atoms with Gasteiger partial charge in [-0.15, -0.1) is 0 Å². The molecule has 0 bridgehead atoms. The van der Waals surface area contributed by atoms with Crippen LogP contribution in [0.4, 0.5) is 5.95 Å². The maximum Gasteiger partial charge on any atom is 0.206 e. The van der Waals surface area contributed by atoms with E-state index in [1.807, 2.05) is 0 Å². The van der Waals surface area contributed by atoms with E-state index in [-0.39, 0.29) is 0 Å². The Labute approximate surface area is 129 Å². The van der Waals surface area contributed by atoms with E-state index in [4.69, 9.17) is 4.98 Å². The Balaban J connectivity index is 2.38. The monoisotopic (exact) mass is 335 g/mol. The molecule has 0 atom stereocenters. The minimum Gasteiger partial charge on any atom is -0.343 e. The van der Waals surface area contributed by atoms with Crippen LogP contribution in [0.15, 0.2) is 4.47 Å². The molecule has 0 N–H and O–H groups in total. The highest BCUT2D eigenvalue weighted by Gasteiger charge is 2.24. The van der Waals surface area contributed by atoms with Gasteiger partial charge < -0.3 is 9.47 Å². The van der Waals surface area contributed by atoms with Crippen LogP contribution in [0.2, 0.25) is 0 Å². The molecule has 1 aliphatic heterocycles. The second-order valence-electron chi connectivity index (χ2n) is 5.58. The number of hydrogen-bond donors (Lipinski definition) is 0. The SMILES string of the molecule is CCN(CC)c1nc2c(C)c(Br)c(C)c3c2n1CCC3. The number of imidazole rings is 1. The fourth-order valence-corrected chi connectivity index (χ4v) is 3.81. The molecule has 1 aromatic heterocycles. The predicted molar refractivity (Wildman–Crippen MR) is 88.8 cm³/mol. The van der Waals surface area contributed by atoms with E-state index in [0.717, 1.165) is 25.6 Å². The first kappa shape index (κ1) is 13.9. The Kier molecular flexibility index (Phi) is 3.53. The zero-order chi connectivity index (χ0) is 14.4. The van der Waals surface area contributed by atoms with E-state index >= 15 is 0 Å².